The Morgan fingerprint density at radius 2 is 1.44 bits per heavy atom. The van der Waals surface area contributed by atoms with Crippen LogP contribution in [-0.2, 0) is 0 Å². The van der Waals surface area contributed by atoms with Crippen LogP contribution >= 0.6 is 15.9 Å². The molecule has 136 valence electrons. The predicted molar refractivity (Wildman–Crippen MR) is 92.8 cm³/mol. The van der Waals surface area contributed by atoms with Gasteiger partial charge in [-0.25, -0.2) is 0 Å². The lowest BCUT2D eigenvalue weighted by molar-refractivity contribution is -0.402. The van der Waals surface area contributed by atoms with Crippen LogP contribution in [-0.4, -0.2) is 25.0 Å². The number of nitro benzene ring substituents is 3. The third-order valence-electron chi connectivity index (χ3n) is 3.40. The summed E-state index contributed by atoms with van der Waals surface area (Å²) >= 11 is 3.26. The van der Waals surface area contributed by atoms with Gasteiger partial charge < -0.3 is 4.42 Å². The number of rotatable bonds is 5. The van der Waals surface area contributed by atoms with Gasteiger partial charge in [-0.05, 0) is 18.2 Å². The van der Waals surface area contributed by atoms with Crippen LogP contribution in [0, 0.1) is 30.3 Å². The van der Waals surface area contributed by atoms with E-state index >= 15 is 0 Å². The molecule has 0 spiro atoms. The molecular weight excluding hydrogens is 430 g/mol. The van der Waals surface area contributed by atoms with E-state index in [4.69, 9.17) is 4.42 Å². The van der Waals surface area contributed by atoms with Gasteiger partial charge in [0.2, 0.25) is 5.89 Å². The summed E-state index contributed by atoms with van der Waals surface area (Å²) < 4.78 is 6.07. The average molecular weight is 436 g/mol. The molecule has 1 heterocycles. The second-order valence-electron chi connectivity index (χ2n) is 5.05. The molecule has 0 saturated heterocycles. The molecule has 12 nitrogen and oxygen atoms in total. The summed E-state index contributed by atoms with van der Waals surface area (Å²) in [4.78, 5) is 30.6. The minimum Gasteiger partial charge on any atom is -0.416 e. The molecule has 0 bridgehead atoms. The fourth-order valence-corrected chi connectivity index (χ4v) is 2.67. The maximum Gasteiger partial charge on any atom is 0.296 e. The lowest BCUT2D eigenvalue weighted by atomic mass is 10.1. The number of hydrogen-bond acceptors (Lipinski definition) is 9. The number of halogens is 1. The molecule has 3 aromatic rings. The number of aromatic nitrogens is 2. The molecule has 0 atom stereocenters. The maximum absolute atomic E-state index is 11.3. The van der Waals surface area contributed by atoms with Crippen LogP contribution in [0.25, 0.3) is 22.9 Å². The summed E-state index contributed by atoms with van der Waals surface area (Å²) in [5.41, 5.74) is -2.72. The van der Waals surface area contributed by atoms with E-state index in [1.54, 1.807) is 24.3 Å². The topological polar surface area (TPSA) is 168 Å². The molecule has 2 aromatic carbocycles. The van der Waals surface area contributed by atoms with Crippen molar-refractivity contribution in [3.8, 4) is 22.9 Å². The van der Waals surface area contributed by atoms with Crippen LogP contribution in [0.4, 0.5) is 17.1 Å². The van der Waals surface area contributed by atoms with Crippen LogP contribution in [0.3, 0.4) is 0 Å². The first kappa shape index (κ1) is 18.1. The third-order valence-corrected chi connectivity index (χ3v) is 3.89. The van der Waals surface area contributed by atoms with Crippen LogP contribution in [0.1, 0.15) is 0 Å². The number of nitrogens with zero attached hydrogens (tertiary/aromatic N) is 5. The van der Waals surface area contributed by atoms with Crippen molar-refractivity contribution in [2.24, 2.45) is 0 Å². The zero-order chi connectivity index (χ0) is 19.7. The Kier molecular flexibility index (Phi) is 4.60. The third kappa shape index (κ3) is 3.48. The van der Waals surface area contributed by atoms with E-state index < -0.39 is 43.3 Å². The highest BCUT2D eigenvalue weighted by Crippen LogP contribution is 2.41. The highest BCUT2D eigenvalue weighted by molar-refractivity contribution is 9.10. The number of benzene rings is 2. The zero-order valence-corrected chi connectivity index (χ0v) is 14.5. The van der Waals surface area contributed by atoms with Gasteiger partial charge in [-0.3, -0.25) is 30.3 Å². The maximum atomic E-state index is 11.3. The van der Waals surface area contributed by atoms with Crippen molar-refractivity contribution in [2.75, 3.05) is 0 Å². The minimum atomic E-state index is -0.988. The summed E-state index contributed by atoms with van der Waals surface area (Å²) in [6.07, 6.45) is 0. The van der Waals surface area contributed by atoms with Crippen LogP contribution in [0.5, 0.6) is 0 Å². The van der Waals surface area contributed by atoms with Crippen LogP contribution < -0.4 is 0 Å². The number of nitro groups is 3. The summed E-state index contributed by atoms with van der Waals surface area (Å²) in [7, 11) is 0. The molecule has 0 unspecified atom stereocenters. The monoisotopic (exact) mass is 435 g/mol. The molecule has 0 saturated carbocycles. The lowest BCUT2D eigenvalue weighted by Crippen LogP contribution is -2.00. The first-order valence-electron chi connectivity index (χ1n) is 6.99. The van der Waals surface area contributed by atoms with Gasteiger partial charge in [0.15, 0.2) is 5.56 Å². The van der Waals surface area contributed by atoms with Gasteiger partial charge in [0.25, 0.3) is 23.0 Å². The van der Waals surface area contributed by atoms with Crippen molar-refractivity contribution in [1.29, 1.82) is 0 Å². The molecule has 0 aliphatic heterocycles. The number of non-ortho nitro benzene ring substituents is 1. The molecule has 13 heteroatoms. The predicted octanol–water partition coefficient (Wildman–Crippen LogP) is 3.89. The van der Waals surface area contributed by atoms with Crippen molar-refractivity contribution in [2.45, 2.75) is 0 Å². The Labute approximate surface area is 157 Å². The second kappa shape index (κ2) is 6.87. The Bertz CT molecular complexity index is 1060. The molecule has 1 aromatic heterocycles. The van der Waals surface area contributed by atoms with E-state index in [2.05, 4.69) is 26.1 Å². The Balaban J connectivity index is 2.23. The largest absolute Gasteiger partial charge is 0.416 e. The molecule has 0 aliphatic rings. The van der Waals surface area contributed by atoms with Gasteiger partial charge >= 0.3 is 0 Å². The van der Waals surface area contributed by atoms with Gasteiger partial charge in [-0.1, -0.05) is 22.0 Å². The standard InChI is InChI=1S/C14H6BrN5O7/c15-8-3-1-2-7(4-8)13-16-17-14(27-13)12-10(19(23)24)5-9(18(21)22)6-11(12)20(25)26/h1-6H. The lowest BCUT2D eigenvalue weighted by Gasteiger charge is -2.01. The number of hydrogen-bond donors (Lipinski definition) is 0. The summed E-state index contributed by atoms with van der Waals surface area (Å²) in [5.74, 6) is -0.536. The molecular formula is C14H6BrN5O7. The second-order valence-corrected chi connectivity index (χ2v) is 5.97. The van der Waals surface area contributed by atoms with Crippen molar-refractivity contribution < 1.29 is 19.2 Å². The van der Waals surface area contributed by atoms with E-state index in [1.807, 2.05) is 0 Å². The SMILES string of the molecule is O=[N+]([O-])c1cc([N+](=O)[O-])c(-c2nnc(-c3cccc(Br)c3)o2)c([N+](=O)[O-])c1. The normalized spacial score (nSPS) is 10.6. The highest BCUT2D eigenvalue weighted by Gasteiger charge is 2.34. The molecule has 0 aliphatic carbocycles. The van der Waals surface area contributed by atoms with Crippen molar-refractivity contribution in [1.82, 2.24) is 10.2 Å². The minimum absolute atomic E-state index is 0.0340. The first-order valence-corrected chi connectivity index (χ1v) is 7.78. The van der Waals surface area contributed by atoms with Crippen molar-refractivity contribution >= 4 is 33.0 Å². The zero-order valence-electron chi connectivity index (χ0n) is 12.9. The van der Waals surface area contributed by atoms with E-state index in [-0.39, 0.29) is 5.89 Å². The highest BCUT2D eigenvalue weighted by atomic mass is 79.9. The van der Waals surface area contributed by atoms with Gasteiger partial charge in [0.1, 0.15) is 0 Å². The van der Waals surface area contributed by atoms with Gasteiger partial charge in [0, 0.05) is 10.0 Å². The van der Waals surface area contributed by atoms with Crippen LogP contribution in [0.2, 0.25) is 0 Å². The summed E-state index contributed by atoms with van der Waals surface area (Å²) in [6.45, 7) is 0. The molecule has 27 heavy (non-hydrogen) atoms. The molecule has 0 radical (unpaired) electrons. The van der Waals surface area contributed by atoms with Gasteiger partial charge in [0.05, 0.1) is 26.9 Å². The fraction of sp³-hybridized carbons (Fsp3) is 0. The molecule has 0 fully saturated rings. The first-order chi connectivity index (χ1) is 12.8. The Morgan fingerprint density at radius 1 is 0.852 bits per heavy atom. The Morgan fingerprint density at radius 3 is 1.96 bits per heavy atom. The van der Waals surface area contributed by atoms with E-state index in [0.717, 1.165) is 0 Å². The van der Waals surface area contributed by atoms with Gasteiger partial charge in [-0.2, -0.15) is 0 Å². The van der Waals surface area contributed by atoms with Gasteiger partial charge in [-0.15, -0.1) is 10.2 Å². The molecule has 0 amide bonds. The molecule has 3 rings (SSSR count). The average Bonchev–Trinajstić information content (AvgIpc) is 3.10. The van der Waals surface area contributed by atoms with E-state index in [0.29, 0.717) is 22.2 Å². The van der Waals surface area contributed by atoms with Crippen molar-refractivity contribution in [3.05, 3.63) is 71.2 Å². The molecule has 0 N–H and O–H groups in total. The summed E-state index contributed by atoms with van der Waals surface area (Å²) in [6, 6.07) is 7.89. The smallest absolute Gasteiger partial charge is 0.296 e. The summed E-state index contributed by atoms with van der Waals surface area (Å²) in [5, 5.41) is 41.0. The van der Waals surface area contributed by atoms with Crippen LogP contribution in [0.15, 0.2) is 45.3 Å². The Hall–Kier alpha value is -3.74. The van der Waals surface area contributed by atoms with Crippen molar-refractivity contribution in [3.63, 3.8) is 0 Å². The van der Waals surface area contributed by atoms with E-state index in [9.17, 15) is 30.3 Å². The quantitative estimate of drug-likeness (QED) is 0.425. The fourth-order valence-electron chi connectivity index (χ4n) is 2.27. The van der Waals surface area contributed by atoms with E-state index in [1.165, 1.54) is 0 Å².